The summed E-state index contributed by atoms with van der Waals surface area (Å²) in [6.45, 7) is 0. The van der Waals surface area contributed by atoms with E-state index in [2.05, 4.69) is 193 Å². The molecular weight excluding hydrogens is 679 g/mol. The van der Waals surface area contributed by atoms with E-state index in [4.69, 9.17) is 0 Å². The molecule has 1 nitrogen and oxygen atoms in total. The van der Waals surface area contributed by atoms with Gasteiger partial charge in [-0.15, -0.1) is 22.7 Å². The molecule has 11 rings (SSSR count). The fourth-order valence-electron chi connectivity index (χ4n) is 8.18. The van der Waals surface area contributed by atoms with Gasteiger partial charge in [0.1, 0.15) is 0 Å². The van der Waals surface area contributed by atoms with Crippen molar-refractivity contribution in [2.75, 3.05) is 4.90 Å². The molecule has 9 aromatic carbocycles. The zero-order valence-corrected chi connectivity index (χ0v) is 30.3. The Morgan fingerprint density at radius 3 is 1.62 bits per heavy atom. The minimum atomic E-state index is 1.13. The molecule has 53 heavy (non-hydrogen) atoms. The van der Waals surface area contributed by atoms with Gasteiger partial charge in [0.2, 0.25) is 0 Å². The fourth-order valence-corrected chi connectivity index (χ4v) is 10.7. The molecule has 0 aliphatic heterocycles. The van der Waals surface area contributed by atoms with Crippen molar-refractivity contribution in [1.82, 2.24) is 0 Å². The first-order valence-corrected chi connectivity index (χ1v) is 19.6. The average molecular weight is 710 g/mol. The zero-order valence-electron chi connectivity index (χ0n) is 28.7. The number of nitrogens with zero attached hydrogens (tertiary/aromatic N) is 1. The molecule has 0 amide bonds. The molecule has 0 spiro atoms. The maximum atomic E-state index is 2.43. The maximum absolute atomic E-state index is 2.43. The van der Waals surface area contributed by atoms with Gasteiger partial charge in [-0.3, -0.25) is 0 Å². The summed E-state index contributed by atoms with van der Waals surface area (Å²) in [4.78, 5) is 2.43. The largest absolute Gasteiger partial charge is 0.309 e. The molecule has 2 aromatic heterocycles. The van der Waals surface area contributed by atoms with Crippen LogP contribution in [0.3, 0.4) is 0 Å². The predicted octanol–water partition coefficient (Wildman–Crippen LogP) is 15.5. The van der Waals surface area contributed by atoms with Crippen LogP contribution in [0.15, 0.2) is 188 Å². The molecule has 0 aliphatic carbocycles. The zero-order chi connectivity index (χ0) is 34.9. The van der Waals surface area contributed by atoms with E-state index >= 15 is 0 Å². The molecular formula is C50H31NS2. The molecule has 2 heterocycles. The Morgan fingerprint density at radius 2 is 0.868 bits per heavy atom. The summed E-state index contributed by atoms with van der Waals surface area (Å²) in [5.74, 6) is 0. The number of fused-ring (bicyclic) bond motifs is 9. The van der Waals surface area contributed by atoms with E-state index in [0.29, 0.717) is 0 Å². The molecule has 0 bridgehead atoms. The van der Waals surface area contributed by atoms with Crippen molar-refractivity contribution in [3.63, 3.8) is 0 Å². The molecule has 11 aromatic rings. The molecule has 0 unspecified atom stereocenters. The van der Waals surface area contributed by atoms with E-state index in [-0.39, 0.29) is 0 Å². The van der Waals surface area contributed by atoms with E-state index in [1.807, 2.05) is 22.7 Å². The van der Waals surface area contributed by atoms with E-state index in [1.165, 1.54) is 89.8 Å². The Kier molecular flexibility index (Phi) is 6.97. The summed E-state index contributed by atoms with van der Waals surface area (Å²) in [5, 5.41) is 10.4. The third-order valence-electron chi connectivity index (χ3n) is 10.7. The number of hydrogen-bond donors (Lipinski definition) is 0. The Bertz CT molecular complexity index is 3160. The lowest BCUT2D eigenvalue weighted by atomic mass is 9.95. The lowest BCUT2D eigenvalue weighted by Crippen LogP contribution is -2.10. The van der Waals surface area contributed by atoms with Gasteiger partial charge in [-0.25, -0.2) is 0 Å². The number of benzene rings is 9. The highest BCUT2D eigenvalue weighted by Gasteiger charge is 2.20. The van der Waals surface area contributed by atoms with E-state index in [9.17, 15) is 0 Å². The maximum Gasteiger partial charge on any atom is 0.0640 e. The number of hydrogen-bond acceptors (Lipinski definition) is 3. The Labute approximate surface area is 315 Å². The van der Waals surface area contributed by atoms with Crippen molar-refractivity contribution in [3.8, 4) is 22.3 Å². The van der Waals surface area contributed by atoms with Gasteiger partial charge in [0.15, 0.2) is 0 Å². The highest BCUT2D eigenvalue weighted by Crippen LogP contribution is 2.47. The first kappa shape index (κ1) is 30.4. The van der Waals surface area contributed by atoms with Gasteiger partial charge >= 0.3 is 0 Å². The molecule has 3 heteroatoms. The van der Waals surface area contributed by atoms with Gasteiger partial charge in [-0.1, -0.05) is 140 Å². The number of thiophene rings is 2. The fraction of sp³-hybridized carbons (Fsp3) is 0. The van der Waals surface area contributed by atoms with E-state index in [0.717, 1.165) is 11.4 Å². The van der Waals surface area contributed by atoms with E-state index in [1.54, 1.807) is 0 Å². The highest BCUT2D eigenvalue weighted by molar-refractivity contribution is 7.27. The summed E-state index contributed by atoms with van der Waals surface area (Å²) in [5.41, 5.74) is 8.41. The molecule has 0 N–H and O–H groups in total. The second kappa shape index (κ2) is 12.2. The first-order valence-electron chi connectivity index (χ1n) is 18.0. The van der Waals surface area contributed by atoms with Crippen LogP contribution in [0.5, 0.6) is 0 Å². The second-order valence-corrected chi connectivity index (χ2v) is 15.8. The molecule has 0 fully saturated rings. The van der Waals surface area contributed by atoms with E-state index < -0.39 is 0 Å². The summed E-state index contributed by atoms with van der Waals surface area (Å²) in [6.07, 6.45) is 0. The SMILES string of the molecule is c1ccc2c(-c3ccc(N(c4ccc(-c5cc6ccccc6c6sc7ccccc7c56)cc4)c4cccc5c4sc4ccccc45)cc3)cccc2c1. The normalized spacial score (nSPS) is 11.8. The van der Waals surface area contributed by atoms with Crippen molar-refractivity contribution < 1.29 is 0 Å². The lowest BCUT2D eigenvalue weighted by molar-refractivity contribution is 1.30. The Balaban J connectivity index is 1.09. The topological polar surface area (TPSA) is 3.24 Å². The molecule has 0 saturated heterocycles. The highest BCUT2D eigenvalue weighted by atomic mass is 32.1. The van der Waals surface area contributed by atoms with Gasteiger partial charge in [-0.2, -0.15) is 0 Å². The van der Waals surface area contributed by atoms with Crippen LogP contribution in [0, 0.1) is 0 Å². The Morgan fingerprint density at radius 1 is 0.340 bits per heavy atom. The van der Waals surface area contributed by atoms with Crippen LogP contribution in [0.1, 0.15) is 0 Å². The molecule has 0 atom stereocenters. The van der Waals surface area contributed by atoms with Crippen molar-refractivity contribution in [2.45, 2.75) is 0 Å². The van der Waals surface area contributed by atoms with Crippen LogP contribution < -0.4 is 4.90 Å². The van der Waals surface area contributed by atoms with Crippen molar-refractivity contribution in [2.24, 2.45) is 0 Å². The van der Waals surface area contributed by atoms with Gasteiger partial charge in [0.25, 0.3) is 0 Å². The minimum absolute atomic E-state index is 1.13. The van der Waals surface area contributed by atoms with Crippen LogP contribution in [0.2, 0.25) is 0 Å². The summed E-state index contributed by atoms with van der Waals surface area (Å²) in [6, 6.07) is 69.1. The van der Waals surface area contributed by atoms with Crippen LogP contribution in [-0.2, 0) is 0 Å². The summed E-state index contributed by atoms with van der Waals surface area (Å²) in [7, 11) is 0. The Hall–Kier alpha value is -6.26. The summed E-state index contributed by atoms with van der Waals surface area (Å²) < 4.78 is 5.27. The third kappa shape index (κ3) is 4.89. The monoisotopic (exact) mass is 709 g/mol. The van der Waals surface area contributed by atoms with Crippen LogP contribution in [0.25, 0.3) is 84.1 Å². The lowest BCUT2D eigenvalue weighted by Gasteiger charge is -2.26. The van der Waals surface area contributed by atoms with Crippen LogP contribution in [0.4, 0.5) is 17.1 Å². The molecule has 248 valence electrons. The van der Waals surface area contributed by atoms with Gasteiger partial charge in [-0.05, 0) is 92.3 Å². The predicted molar refractivity (Wildman–Crippen MR) is 233 cm³/mol. The first-order chi connectivity index (χ1) is 26.3. The van der Waals surface area contributed by atoms with Gasteiger partial charge in [0.05, 0.1) is 10.4 Å². The smallest absolute Gasteiger partial charge is 0.0640 e. The quantitative estimate of drug-likeness (QED) is 0.172. The number of rotatable bonds is 5. The second-order valence-electron chi connectivity index (χ2n) is 13.7. The molecule has 0 aliphatic rings. The average Bonchev–Trinajstić information content (AvgIpc) is 3.81. The third-order valence-corrected chi connectivity index (χ3v) is 13.1. The standard InChI is InChI=1S/C50H31NS2/c1-3-14-38-32(11-1)13-9-18-39(38)33-23-27-36(28-24-33)51(45-20-10-19-42-41-16-5-7-21-46(41)52-49(42)45)37-29-25-34(26-30-37)44-31-35-12-2-4-15-40(35)50-48(44)43-17-6-8-22-47(43)53-50/h1-31H. The molecule has 0 saturated carbocycles. The number of anilines is 3. The molecule has 0 radical (unpaired) electrons. The van der Waals surface area contributed by atoms with Crippen LogP contribution in [-0.4, -0.2) is 0 Å². The van der Waals surface area contributed by atoms with Gasteiger partial charge in [0, 0.05) is 47.0 Å². The minimum Gasteiger partial charge on any atom is -0.309 e. The van der Waals surface area contributed by atoms with Crippen molar-refractivity contribution in [3.05, 3.63) is 188 Å². The van der Waals surface area contributed by atoms with Gasteiger partial charge < -0.3 is 4.90 Å². The van der Waals surface area contributed by atoms with Crippen LogP contribution >= 0.6 is 22.7 Å². The summed E-state index contributed by atoms with van der Waals surface area (Å²) >= 11 is 3.77. The van der Waals surface area contributed by atoms with Crippen molar-refractivity contribution in [1.29, 1.82) is 0 Å². The van der Waals surface area contributed by atoms with Crippen molar-refractivity contribution >= 4 is 102 Å².